The Kier molecular flexibility index (Phi) is 4.15. The van der Waals surface area contributed by atoms with E-state index >= 15 is 0 Å². The van der Waals surface area contributed by atoms with Crippen molar-refractivity contribution in [3.05, 3.63) is 11.1 Å². The summed E-state index contributed by atoms with van der Waals surface area (Å²) in [6, 6.07) is 0. The quantitative estimate of drug-likeness (QED) is 0.851. The molecule has 1 aliphatic heterocycles. The lowest BCUT2D eigenvalue weighted by Crippen LogP contribution is -2.46. The molecule has 0 amide bonds. The zero-order chi connectivity index (χ0) is 11.4. The van der Waals surface area contributed by atoms with E-state index in [1.807, 2.05) is 13.2 Å². The minimum absolute atomic E-state index is 0.923. The Morgan fingerprint density at radius 1 is 1.38 bits per heavy atom. The maximum absolute atomic E-state index is 4.50. The Bertz CT molecular complexity index is 318. The van der Waals surface area contributed by atoms with Crippen molar-refractivity contribution in [2.45, 2.75) is 13.5 Å². The fraction of sp³-hybridized carbons (Fsp3) is 0.727. The number of aromatic nitrogens is 1. The van der Waals surface area contributed by atoms with Crippen LogP contribution in [-0.4, -0.2) is 49.7 Å². The molecular formula is C11H20N4S. The molecule has 1 aromatic heterocycles. The van der Waals surface area contributed by atoms with Crippen molar-refractivity contribution in [3.63, 3.8) is 0 Å². The monoisotopic (exact) mass is 240 g/mol. The number of hydrogen-bond donors (Lipinski definition) is 1. The van der Waals surface area contributed by atoms with Gasteiger partial charge in [0.15, 0.2) is 5.13 Å². The molecule has 0 spiro atoms. The minimum Gasteiger partial charge on any atom is -0.346 e. The van der Waals surface area contributed by atoms with E-state index in [0.29, 0.717) is 0 Å². The summed E-state index contributed by atoms with van der Waals surface area (Å²) in [5.41, 5.74) is 0. The third kappa shape index (κ3) is 2.72. The van der Waals surface area contributed by atoms with Gasteiger partial charge >= 0.3 is 0 Å². The second-order valence-corrected chi connectivity index (χ2v) is 5.15. The SMILES string of the molecule is CCN1CCN(c2ncc(CNC)s2)CC1. The Labute approximate surface area is 101 Å². The van der Waals surface area contributed by atoms with Gasteiger partial charge in [-0.05, 0) is 13.6 Å². The van der Waals surface area contributed by atoms with Crippen LogP contribution in [0.5, 0.6) is 0 Å². The minimum atomic E-state index is 0.923. The number of nitrogens with one attached hydrogen (secondary N) is 1. The van der Waals surface area contributed by atoms with Crippen molar-refractivity contribution in [3.8, 4) is 0 Å². The molecule has 0 atom stereocenters. The Balaban J connectivity index is 1.92. The lowest BCUT2D eigenvalue weighted by Gasteiger charge is -2.33. The number of rotatable bonds is 4. The maximum Gasteiger partial charge on any atom is 0.185 e. The van der Waals surface area contributed by atoms with Crippen LogP contribution < -0.4 is 10.2 Å². The molecule has 2 heterocycles. The number of piperazine rings is 1. The molecule has 0 radical (unpaired) electrons. The predicted molar refractivity (Wildman–Crippen MR) is 69.2 cm³/mol. The van der Waals surface area contributed by atoms with E-state index in [1.54, 1.807) is 11.3 Å². The van der Waals surface area contributed by atoms with Crippen molar-refractivity contribution in [1.82, 2.24) is 15.2 Å². The van der Waals surface area contributed by atoms with Crippen molar-refractivity contribution in [2.24, 2.45) is 0 Å². The van der Waals surface area contributed by atoms with E-state index in [1.165, 1.54) is 10.0 Å². The van der Waals surface area contributed by atoms with Crippen LogP contribution in [0.4, 0.5) is 5.13 Å². The molecule has 0 bridgehead atoms. The highest BCUT2D eigenvalue weighted by atomic mass is 32.1. The molecule has 0 aliphatic carbocycles. The first-order valence-corrected chi connectivity index (χ1v) is 6.71. The van der Waals surface area contributed by atoms with E-state index in [-0.39, 0.29) is 0 Å². The molecule has 1 saturated heterocycles. The molecular weight excluding hydrogens is 220 g/mol. The van der Waals surface area contributed by atoms with Crippen LogP contribution in [0, 0.1) is 0 Å². The lowest BCUT2D eigenvalue weighted by molar-refractivity contribution is 0.271. The van der Waals surface area contributed by atoms with Gasteiger partial charge in [0, 0.05) is 43.8 Å². The van der Waals surface area contributed by atoms with E-state index in [2.05, 4.69) is 27.0 Å². The van der Waals surface area contributed by atoms with E-state index in [0.717, 1.165) is 39.3 Å². The second-order valence-electron chi connectivity index (χ2n) is 4.06. The van der Waals surface area contributed by atoms with Crippen molar-refractivity contribution in [1.29, 1.82) is 0 Å². The van der Waals surface area contributed by atoms with Crippen molar-refractivity contribution >= 4 is 16.5 Å². The first-order chi connectivity index (χ1) is 7.83. The second kappa shape index (κ2) is 5.61. The van der Waals surface area contributed by atoms with Crippen LogP contribution >= 0.6 is 11.3 Å². The normalized spacial score (nSPS) is 18.0. The molecule has 1 aliphatic rings. The maximum atomic E-state index is 4.50. The highest BCUT2D eigenvalue weighted by Crippen LogP contribution is 2.23. The van der Waals surface area contributed by atoms with Crippen LogP contribution in [0.15, 0.2) is 6.20 Å². The van der Waals surface area contributed by atoms with E-state index in [4.69, 9.17) is 0 Å². The summed E-state index contributed by atoms with van der Waals surface area (Å²) in [7, 11) is 1.97. The van der Waals surface area contributed by atoms with Gasteiger partial charge in [-0.15, -0.1) is 11.3 Å². The predicted octanol–water partition coefficient (Wildman–Crippen LogP) is 1.00. The third-order valence-electron chi connectivity index (χ3n) is 2.98. The molecule has 0 unspecified atom stereocenters. The van der Waals surface area contributed by atoms with E-state index < -0.39 is 0 Å². The summed E-state index contributed by atoms with van der Waals surface area (Å²) in [4.78, 5) is 10.7. The number of hydrogen-bond acceptors (Lipinski definition) is 5. The number of nitrogens with zero attached hydrogens (tertiary/aromatic N) is 3. The van der Waals surface area contributed by atoms with Crippen molar-refractivity contribution < 1.29 is 0 Å². The zero-order valence-corrected chi connectivity index (χ0v) is 10.9. The van der Waals surface area contributed by atoms with Gasteiger partial charge in [0.05, 0.1) is 0 Å². The molecule has 1 aromatic rings. The van der Waals surface area contributed by atoms with Crippen LogP contribution in [0.25, 0.3) is 0 Å². The van der Waals surface area contributed by atoms with E-state index in [9.17, 15) is 0 Å². The number of thiazole rings is 1. The Morgan fingerprint density at radius 2 is 2.12 bits per heavy atom. The number of anilines is 1. The smallest absolute Gasteiger partial charge is 0.185 e. The molecule has 0 aromatic carbocycles. The van der Waals surface area contributed by atoms with Crippen LogP contribution in [0.3, 0.4) is 0 Å². The number of likely N-dealkylation sites (N-methyl/N-ethyl adjacent to an activating group) is 1. The molecule has 2 rings (SSSR count). The fourth-order valence-electron chi connectivity index (χ4n) is 1.95. The first-order valence-electron chi connectivity index (χ1n) is 5.90. The van der Waals surface area contributed by atoms with Gasteiger partial charge in [0.1, 0.15) is 0 Å². The van der Waals surface area contributed by atoms with Crippen LogP contribution in [0.2, 0.25) is 0 Å². The van der Waals surface area contributed by atoms with Gasteiger partial charge in [-0.2, -0.15) is 0 Å². The highest BCUT2D eigenvalue weighted by molar-refractivity contribution is 7.15. The third-order valence-corrected chi connectivity index (χ3v) is 4.04. The molecule has 0 saturated carbocycles. The topological polar surface area (TPSA) is 31.4 Å². The zero-order valence-electron chi connectivity index (χ0n) is 10.1. The average molecular weight is 240 g/mol. The van der Waals surface area contributed by atoms with Gasteiger partial charge in [0.25, 0.3) is 0 Å². The highest BCUT2D eigenvalue weighted by Gasteiger charge is 2.17. The largest absolute Gasteiger partial charge is 0.346 e. The summed E-state index contributed by atoms with van der Waals surface area (Å²) in [6.45, 7) is 8.86. The van der Waals surface area contributed by atoms with Gasteiger partial charge in [0.2, 0.25) is 0 Å². The van der Waals surface area contributed by atoms with Gasteiger partial charge in [-0.25, -0.2) is 4.98 Å². The first kappa shape index (κ1) is 11.8. The molecule has 1 fully saturated rings. The molecule has 16 heavy (non-hydrogen) atoms. The molecule has 4 nitrogen and oxygen atoms in total. The molecule has 5 heteroatoms. The summed E-state index contributed by atoms with van der Waals surface area (Å²) < 4.78 is 0. The summed E-state index contributed by atoms with van der Waals surface area (Å²) in [5.74, 6) is 0. The summed E-state index contributed by atoms with van der Waals surface area (Å²) >= 11 is 1.81. The molecule has 1 N–H and O–H groups in total. The lowest BCUT2D eigenvalue weighted by atomic mass is 10.3. The van der Waals surface area contributed by atoms with Crippen molar-refractivity contribution in [2.75, 3.05) is 44.7 Å². The van der Waals surface area contributed by atoms with Gasteiger partial charge in [-0.1, -0.05) is 6.92 Å². The van der Waals surface area contributed by atoms with Gasteiger partial charge < -0.3 is 15.1 Å². The summed E-state index contributed by atoms with van der Waals surface area (Å²) in [6.07, 6.45) is 1.99. The average Bonchev–Trinajstić information content (AvgIpc) is 2.78. The standard InChI is InChI=1S/C11H20N4S/c1-3-14-4-6-15(7-5-14)11-13-9-10(16-11)8-12-2/h9,12H,3-8H2,1-2H3. The Hall–Kier alpha value is -0.650. The Morgan fingerprint density at radius 3 is 2.75 bits per heavy atom. The van der Waals surface area contributed by atoms with Gasteiger partial charge in [-0.3, -0.25) is 0 Å². The fourth-order valence-corrected chi connectivity index (χ4v) is 2.93. The van der Waals surface area contributed by atoms with Crippen LogP contribution in [-0.2, 0) is 6.54 Å². The molecule has 90 valence electrons. The summed E-state index contributed by atoms with van der Waals surface area (Å²) in [5, 5.41) is 4.34. The van der Waals surface area contributed by atoms with Crippen LogP contribution in [0.1, 0.15) is 11.8 Å².